The van der Waals surface area contributed by atoms with E-state index in [9.17, 15) is 9.59 Å². The Morgan fingerprint density at radius 3 is 2.39 bits per heavy atom. The second-order valence-corrected chi connectivity index (χ2v) is 5.77. The van der Waals surface area contributed by atoms with E-state index in [4.69, 9.17) is 4.42 Å². The molecule has 2 rings (SSSR count). The summed E-state index contributed by atoms with van der Waals surface area (Å²) in [6.45, 7) is 5.93. The molecule has 5 heteroatoms. The molecule has 1 aromatic heterocycles. The molecule has 0 aliphatic rings. The van der Waals surface area contributed by atoms with Gasteiger partial charge in [0, 0.05) is 12.2 Å². The van der Waals surface area contributed by atoms with E-state index in [0.717, 1.165) is 5.69 Å². The summed E-state index contributed by atoms with van der Waals surface area (Å²) in [5.41, 5.74) is -0.384. The van der Waals surface area contributed by atoms with Crippen molar-refractivity contribution in [3.8, 4) is 0 Å². The van der Waals surface area contributed by atoms with Crippen molar-refractivity contribution in [2.45, 2.75) is 27.3 Å². The lowest BCUT2D eigenvalue weighted by molar-refractivity contribution is -0.139. The molecule has 0 unspecified atom stereocenters. The van der Waals surface area contributed by atoms with Crippen LogP contribution in [0.25, 0.3) is 0 Å². The van der Waals surface area contributed by atoms with Crippen LogP contribution in [0.3, 0.4) is 0 Å². The van der Waals surface area contributed by atoms with Crippen LogP contribution in [0.15, 0.2) is 53.1 Å². The molecule has 5 nitrogen and oxygen atoms in total. The van der Waals surface area contributed by atoms with Gasteiger partial charge in [0.25, 0.3) is 0 Å². The molecule has 1 heterocycles. The van der Waals surface area contributed by atoms with Crippen molar-refractivity contribution in [2.75, 3.05) is 11.4 Å². The first-order chi connectivity index (χ1) is 11.0. The number of furan rings is 1. The van der Waals surface area contributed by atoms with Crippen LogP contribution in [-0.4, -0.2) is 18.4 Å². The van der Waals surface area contributed by atoms with E-state index in [2.05, 4.69) is 5.32 Å². The fraction of sp³-hybridized carbons (Fsp3) is 0.333. The predicted molar refractivity (Wildman–Crippen MR) is 88.8 cm³/mol. The maximum atomic E-state index is 12.8. The number of carbonyl (C=O) groups excluding carboxylic acids is 2. The second-order valence-electron chi connectivity index (χ2n) is 5.77. The molecule has 2 amide bonds. The van der Waals surface area contributed by atoms with Gasteiger partial charge in [-0.1, -0.05) is 18.2 Å². The lowest BCUT2D eigenvalue weighted by Crippen LogP contribution is -2.49. The van der Waals surface area contributed by atoms with E-state index in [1.165, 1.54) is 0 Å². The van der Waals surface area contributed by atoms with Gasteiger partial charge in [0.2, 0.25) is 11.8 Å². The minimum Gasteiger partial charge on any atom is -0.467 e. The number of nitrogens with one attached hydrogen (secondary N) is 1. The zero-order valence-corrected chi connectivity index (χ0v) is 13.7. The van der Waals surface area contributed by atoms with Crippen molar-refractivity contribution in [1.29, 1.82) is 0 Å². The monoisotopic (exact) mass is 314 g/mol. The average Bonchev–Trinajstić information content (AvgIpc) is 3.07. The molecule has 2 aromatic rings. The standard InChI is InChI=1S/C18H22N2O3/c1-4-20(14-9-6-5-7-10-14)17(22)18(2,3)16(21)19-13-15-11-8-12-23-15/h5-12H,4,13H2,1-3H3,(H,19,21). The van der Waals surface area contributed by atoms with E-state index in [-0.39, 0.29) is 18.4 Å². The average molecular weight is 314 g/mol. The Kier molecular flexibility index (Phi) is 5.21. The number of para-hydroxylation sites is 1. The van der Waals surface area contributed by atoms with Crippen molar-refractivity contribution in [1.82, 2.24) is 5.32 Å². The Morgan fingerprint density at radius 2 is 1.83 bits per heavy atom. The topological polar surface area (TPSA) is 62.6 Å². The number of rotatable bonds is 6. The third-order valence-electron chi connectivity index (χ3n) is 3.73. The summed E-state index contributed by atoms with van der Waals surface area (Å²) < 4.78 is 5.18. The SMILES string of the molecule is CCN(C(=O)C(C)(C)C(=O)NCc1ccco1)c1ccccc1. The summed E-state index contributed by atoms with van der Waals surface area (Å²) in [7, 11) is 0. The molecule has 0 radical (unpaired) electrons. The van der Waals surface area contributed by atoms with E-state index in [1.54, 1.807) is 37.1 Å². The summed E-state index contributed by atoms with van der Waals surface area (Å²) in [4.78, 5) is 26.9. The lowest BCUT2D eigenvalue weighted by Gasteiger charge is -2.30. The number of carbonyl (C=O) groups is 2. The minimum atomic E-state index is -1.17. The highest BCUT2D eigenvalue weighted by Crippen LogP contribution is 2.24. The predicted octanol–water partition coefficient (Wildman–Crippen LogP) is 2.98. The van der Waals surface area contributed by atoms with Gasteiger partial charge in [0.15, 0.2) is 0 Å². The molecule has 0 aliphatic carbocycles. The largest absolute Gasteiger partial charge is 0.467 e. The van der Waals surface area contributed by atoms with Gasteiger partial charge in [-0.3, -0.25) is 9.59 Å². The molecule has 0 saturated heterocycles. The van der Waals surface area contributed by atoms with Crippen LogP contribution in [0.4, 0.5) is 5.69 Å². The smallest absolute Gasteiger partial charge is 0.242 e. The summed E-state index contributed by atoms with van der Waals surface area (Å²) in [5.74, 6) is 0.0911. The highest BCUT2D eigenvalue weighted by molar-refractivity contribution is 6.10. The maximum absolute atomic E-state index is 12.8. The van der Waals surface area contributed by atoms with Crippen LogP contribution in [0.1, 0.15) is 26.5 Å². The molecule has 0 spiro atoms. The molecular weight excluding hydrogens is 292 g/mol. The molecule has 0 saturated carbocycles. The van der Waals surface area contributed by atoms with Gasteiger partial charge in [-0.2, -0.15) is 0 Å². The third-order valence-corrected chi connectivity index (χ3v) is 3.73. The first kappa shape index (κ1) is 16.8. The number of amides is 2. The Morgan fingerprint density at radius 1 is 1.13 bits per heavy atom. The second kappa shape index (κ2) is 7.13. The molecule has 122 valence electrons. The Hall–Kier alpha value is -2.56. The van der Waals surface area contributed by atoms with E-state index in [1.807, 2.05) is 37.3 Å². The van der Waals surface area contributed by atoms with Crippen LogP contribution in [0.2, 0.25) is 0 Å². The molecule has 23 heavy (non-hydrogen) atoms. The van der Waals surface area contributed by atoms with Gasteiger partial charge in [-0.15, -0.1) is 0 Å². The van der Waals surface area contributed by atoms with Crippen molar-refractivity contribution in [2.24, 2.45) is 5.41 Å². The zero-order valence-electron chi connectivity index (χ0n) is 13.7. The summed E-state index contributed by atoms with van der Waals surface area (Å²) >= 11 is 0. The highest BCUT2D eigenvalue weighted by atomic mass is 16.3. The van der Waals surface area contributed by atoms with Gasteiger partial charge in [0.1, 0.15) is 11.2 Å². The fourth-order valence-electron chi connectivity index (χ4n) is 2.29. The van der Waals surface area contributed by atoms with Gasteiger partial charge in [-0.25, -0.2) is 0 Å². The van der Waals surface area contributed by atoms with Crippen molar-refractivity contribution in [3.05, 3.63) is 54.5 Å². The molecule has 0 fully saturated rings. The maximum Gasteiger partial charge on any atom is 0.242 e. The number of benzene rings is 1. The van der Waals surface area contributed by atoms with Gasteiger partial charge in [0.05, 0.1) is 12.8 Å². The summed E-state index contributed by atoms with van der Waals surface area (Å²) in [5, 5.41) is 2.76. The lowest BCUT2D eigenvalue weighted by atomic mass is 9.90. The molecule has 1 aromatic carbocycles. The van der Waals surface area contributed by atoms with Crippen molar-refractivity contribution < 1.29 is 14.0 Å². The number of anilines is 1. The van der Waals surface area contributed by atoms with Crippen molar-refractivity contribution >= 4 is 17.5 Å². The van der Waals surface area contributed by atoms with Crippen molar-refractivity contribution in [3.63, 3.8) is 0 Å². The Labute approximate surface area is 136 Å². The van der Waals surface area contributed by atoms with Crippen LogP contribution in [0, 0.1) is 5.41 Å². The van der Waals surface area contributed by atoms with Gasteiger partial charge in [-0.05, 0) is 45.0 Å². The highest BCUT2D eigenvalue weighted by Gasteiger charge is 2.39. The van der Waals surface area contributed by atoms with Gasteiger partial charge < -0.3 is 14.6 Å². The van der Waals surface area contributed by atoms with Crippen LogP contribution in [0.5, 0.6) is 0 Å². The fourth-order valence-corrected chi connectivity index (χ4v) is 2.29. The number of hydrogen-bond donors (Lipinski definition) is 1. The normalized spacial score (nSPS) is 11.1. The summed E-state index contributed by atoms with van der Waals surface area (Å²) in [6, 6.07) is 12.9. The van der Waals surface area contributed by atoms with E-state index < -0.39 is 5.41 Å². The van der Waals surface area contributed by atoms with Crippen LogP contribution in [-0.2, 0) is 16.1 Å². The first-order valence-corrected chi connectivity index (χ1v) is 7.64. The zero-order chi connectivity index (χ0) is 16.9. The Bertz CT molecular complexity index is 648. The molecule has 0 bridgehead atoms. The Balaban J connectivity index is 2.09. The van der Waals surface area contributed by atoms with Crippen LogP contribution < -0.4 is 10.2 Å². The van der Waals surface area contributed by atoms with Gasteiger partial charge >= 0.3 is 0 Å². The number of hydrogen-bond acceptors (Lipinski definition) is 3. The molecule has 0 atom stereocenters. The minimum absolute atomic E-state index is 0.233. The quantitative estimate of drug-likeness (QED) is 0.834. The molecular formula is C18H22N2O3. The number of nitrogens with zero attached hydrogens (tertiary/aromatic N) is 1. The van der Waals surface area contributed by atoms with Crippen LogP contribution >= 0.6 is 0 Å². The van der Waals surface area contributed by atoms with E-state index >= 15 is 0 Å². The molecule has 0 aliphatic heterocycles. The van der Waals surface area contributed by atoms with E-state index in [0.29, 0.717) is 12.3 Å². The molecule has 1 N–H and O–H groups in total. The first-order valence-electron chi connectivity index (χ1n) is 7.64. The third kappa shape index (κ3) is 3.80. The summed E-state index contributed by atoms with van der Waals surface area (Å²) in [6.07, 6.45) is 1.55.